The highest BCUT2D eigenvalue weighted by atomic mass is 32.2. The molecule has 3 amide bonds. The zero-order valence-electron chi connectivity index (χ0n) is 15.9. The van der Waals surface area contributed by atoms with Crippen molar-refractivity contribution in [3.63, 3.8) is 0 Å². The number of carbonyl (C=O) groups excluding carboxylic acids is 2. The summed E-state index contributed by atoms with van der Waals surface area (Å²) in [5.74, 6) is 2.01. The van der Waals surface area contributed by atoms with Crippen molar-refractivity contribution in [3.8, 4) is 11.5 Å². The molecule has 0 bridgehead atoms. The molecule has 0 saturated heterocycles. The molecule has 0 atom stereocenters. The highest BCUT2D eigenvalue weighted by Crippen LogP contribution is 2.32. The van der Waals surface area contributed by atoms with Crippen LogP contribution in [0, 0.1) is 0 Å². The van der Waals surface area contributed by atoms with Gasteiger partial charge in [-0.3, -0.25) is 10.1 Å². The molecule has 30 heavy (non-hydrogen) atoms. The Hall–Kier alpha value is -3.47. The van der Waals surface area contributed by atoms with Crippen LogP contribution in [-0.4, -0.2) is 45.7 Å². The third-order valence-electron chi connectivity index (χ3n) is 4.10. The largest absolute Gasteiger partial charge is 0.486 e. The highest BCUT2D eigenvalue weighted by Gasteiger charge is 2.14. The van der Waals surface area contributed by atoms with Crippen molar-refractivity contribution in [2.24, 2.45) is 0 Å². The van der Waals surface area contributed by atoms with Gasteiger partial charge in [-0.05, 0) is 24.3 Å². The van der Waals surface area contributed by atoms with Gasteiger partial charge in [0.2, 0.25) is 5.91 Å². The van der Waals surface area contributed by atoms with Crippen molar-refractivity contribution in [3.05, 3.63) is 48.7 Å². The lowest BCUT2D eigenvalue weighted by Gasteiger charge is -2.19. The van der Waals surface area contributed by atoms with Crippen LogP contribution < -0.4 is 20.1 Å². The minimum atomic E-state index is -0.609. The van der Waals surface area contributed by atoms with Crippen molar-refractivity contribution in [2.75, 3.05) is 24.3 Å². The van der Waals surface area contributed by atoms with Crippen LogP contribution in [0.2, 0.25) is 0 Å². The molecule has 156 valence electrons. The summed E-state index contributed by atoms with van der Waals surface area (Å²) in [7, 11) is 0. The van der Waals surface area contributed by atoms with Gasteiger partial charge < -0.3 is 23.8 Å². The lowest BCUT2D eigenvalue weighted by molar-refractivity contribution is -0.119. The summed E-state index contributed by atoms with van der Waals surface area (Å²) < 4.78 is 18.1. The summed E-state index contributed by atoms with van der Waals surface area (Å²) in [5, 5.41) is 13.5. The number of hydrogen-bond donors (Lipinski definition) is 2. The van der Waals surface area contributed by atoms with Crippen LogP contribution in [0.5, 0.6) is 11.5 Å². The minimum absolute atomic E-state index is 0.146. The van der Waals surface area contributed by atoms with Crippen molar-refractivity contribution in [1.82, 2.24) is 20.1 Å². The molecule has 11 heteroatoms. The Morgan fingerprint density at radius 3 is 2.87 bits per heavy atom. The second-order valence-corrected chi connectivity index (χ2v) is 7.34. The molecular weight excluding hydrogens is 410 g/mol. The summed E-state index contributed by atoms with van der Waals surface area (Å²) in [5.41, 5.74) is 0.505. The number of anilines is 1. The molecule has 0 fully saturated rings. The smallest absolute Gasteiger partial charge is 0.325 e. The van der Waals surface area contributed by atoms with Crippen LogP contribution in [0.25, 0.3) is 0 Å². The predicted molar refractivity (Wildman–Crippen MR) is 108 cm³/mol. The van der Waals surface area contributed by atoms with E-state index in [0.29, 0.717) is 47.9 Å². The van der Waals surface area contributed by atoms with Gasteiger partial charge in [-0.1, -0.05) is 11.8 Å². The van der Waals surface area contributed by atoms with Gasteiger partial charge in [-0.25, -0.2) is 4.79 Å². The number of hydrogen-bond acceptors (Lipinski definition) is 8. The summed E-state index contributed by atoms with van der Waals surface area (Å²) in [6.07, 6.45) is 3.35. The highest BCUT2D eigenvalue weighted by molar-refractivity contribution is 7.99. The molecule has 2 aromatic heterocycles. The molecule has 0 radical (unpaired) electrons. The average molecular weight is 429 g/mol. The number of amides is 3. The Bertz CT molecular complexity index is 1020. The van der Waals surface area contributed by atoms with Crippen molar-refractivity contribution in [2.45, 2.75) is 18.1 Å². The van der Waals surface area contributed by atoms with Crippen molar-refractivity contribution in [1.29, 1.82) is 0 Å². The minimum Gasteiger partial charge on any atom is -0.486 e. The van der Waals surface area contributed by atoms with Crippen molar-refractivity contribution < 1.29 is 23.5 Å². The molecule has 4 rings (SSSR count). The fourth-order valence-corrected chi connectivity index (χ4v) is 3.60. The van der Waals surface area contributed by atoms with Crippen LogP contribution in [0.3, 0.4) is 0 Å². The summed E-state index contributed by atoms with van der Waals surface area (Å²) >= 11 is 1.38. The van der Waals surface area contributed by atoms with Crippen LogP contribution in [-0.2, 0) is 11.3 Å². The van der Waals surface area contributed by atoms with E-state index in [1.165, 1.54) is 11.8 Å². The average Bonchev–Trinajstić information content (AvgIpc) is 3.40. The first-order valence-electron chi connectivity index (χ1n) is 9.21. The number of thioether (sulfide) groups is 1. The van der Waals surface area contributed by atoms with Gasteiger partial charge in [0.05, 0.1) is 12.8 Å². The van der Waals surface area contributed by atoms with E-state index in [-0.39, 0.29) is 6.42 Å². The van der Waals surface area contributed by atoms with Crippen LogP contribution >= 0.6 is 11.8 Å². The molecule has 0 spiro atoms. The molecular formula is C19H19N5O5S. The zero-order chi connectivity index (χ0) is 20.8. The van der Waals surface area contributed by atoms with E-state index in [4.69, 9.17) is 13.9 Å². The SMILES string of the molecule is O=C(CCSc1nncn1Cc1ccco1)NC(=O)Nc1ccc2c(c1)OCCO2. The number of rotatable bonds is 7. The summed E-state index contributed by atoms with van der Waals surface area (Å²) in [4.78, 5) is 24.1. The number of benzene rings is 1. The van der Waals surface area contributed by atoms with Gasteiger partial charge in [-0.15, -0.1) is 10.2 Å². The lowest BCUT2D eigenvalue weighted by Crippen LogP contribution is -2.34. The number of urea groups is 1. The first-order valence-corrected chi connectivity index (χ1v) is 10.2. The molecule has 0 saturated carbocycles. The van der Waals surface area contributed by atoms with Gasteiger partial charge in [0.25, 0.3) is 0 Å². The third-order valence-corrected chi connectivity index (χ3v) is 5.08. The van der Waals surface area contributed by atoms with Gasteiger partial charge >= 0.3 is 6.03 Å². The molecule has 3 aromatic rings. The topological polar surface area (TPSA) is 121 Å². The van der Waals surface area contributed by atoms with Gasteiger partial charge in [-0.2, -0.15) is 0 Å². The Labute approximate surface area is 175 Å². The number of carbonyl (C=O) groups is 2. The van der Waals surface area contributed by atoms with E-state index in [1.54, 1.807) is 30.8 Å². The molecule has 3 heterocycles. The fourth-order valence-electron chi connectivity index (χ4n) is 2.74. The number of furan rings is 1. The number of nitrogens with zero attached hydrogens (tertiary/aromatic N) is 3. The Kier molecular flexibility index (Phi) is 6.18. The van der Waals surface area contributed by atoms with E-state index in [0.717, 1.165) is 5.76 Å². The van der Waals surface area contributed by atoms with Crippen LogP contribution in [0.1, 0.15) is 12.2 Å². The maximum absolute atomic E-state index is 12.1. The van der Waals surface area contributed by atoms with Crippen LogP contribution in [0.4, 0.5) is 10.5 Å². The normalized spacial score (nSPS) is 12.4. The second kappa shape index (κ2) is 9.35. The predicted octanol–water partition coefficient (Wildman–Crippen LogP) is 2.52. The first kappa shape index (κ1) is 19.8. The molecule has 10 nitrogen and oxygen atoms in total. The monoisotopic (exact) mass is 429 g/mol. The lowest BCUT2D eigenvalue weighted by atomic mass is 10.2. The zero-order valence-corrected chi connectivity index (χ0v) is 16.7. The van der Waals surface area contributed by atoms with E-state index < -0.39 is 11.9 Å². The van der Waals surface area contributed by atoms with Gasteiger partial charge in [0, 0.05) is 23.9 Å². The van der Waals surface area contributed by atoms with E-state index in [1.807, 2.05) is 16.7 Å². The number of aromatic nitrogens is 3. The second-order valence-electron chi connectivity index (χ2n) is 6.28. The molecule has 2 N–H and O–H groups in total. The Morgan fingerprint density at radius 2 is 2.03 bits per heavy atom. The molecule has 0 unspecified atom stereocenters. The fraction of sp³-hybridized carbons (Fsp3) is 0.263. The third kappa shape index (κ3) is 5.11. The van der Waals surface area contributed by atoms with Crippen molar-refractivity contribution >= 4 is 29.4 Å². The molecule has 1 aliphatic heterocycles. The summed E-state index contributed by atoms with van der Waals surface area (Å²) in [6.45, 7) is 1.45. The number of nitrogens with one attached hydrogen (secondary N) is 2. The number of imide groups is 1. The van der Waals surface area contributed by atoms with E-state index in [2.05, 4.69) is 20.8 Å². The molecule has 0 aliphatic carbocycles. The van der Waals surface area contributed by atoms with Crippen LogP contribution in [0.15, 0.2) is 52.5 Å². The maximum atomic E-state index is 12.1. The Balaban J connectivity index is 1.22. The molecule has 1 aliphatic rings. The van der Waals surface area contributed by atoms with E-state index in [9.17, 15) is 9.59 Å². The van der Waals surface area contributed by atoms with E-state index >= 15 is 0 Å². The van der Waals surface area contributed by atoms with Gasteiger partial charge in [0.15, 0.2) is 16.7 Å². The van der Waals surface area contributed by atoms with Gasteiger partial charge in [0.1, 0.15) is 25.3 Å². The number of ether oxygens (including phenoxy) is 2. The standard InChI is InChI=1S/C19H19N5O5S/c25-17(5-9-30-19-23-20-12-24(19)11-14-2-1-6-27-14)22-18(26)21-13-3-4-15-16(10-13)29-8-7-28-15/h1-4,6,10,12H,5,7-9,11H2,(H2,21,22,25,26). The molecule has 1 aromatic carbocycles. The quantitative estimate of drug-likeness (QED) is 0.550. The maximum Gasteiger partial charge on any atom is 0.325 e. The first-order chi connectivity index (χ1) is 14.7. The summed E-state index contributed by atoms with van der Waals surface area (Å²) in [6, 6.07) is 8.11. The number of fused-ring (bicyclic) bond motifs is 1. The Morgan fingerprint density at radius 1 is 1.17 bits per heavy atom.